The summed E-state index contributed by atoms with van der Waals surface area (Å²) in [6, 6.07) is 0. The van der Waals surface area contributed by atoms with Crippen molar-refractivity contribution in [2.45, 2.75) is 51.4 Å². The van der Waals surface area contributed by atoms with E-state index >= 15 is 0 Å². The van der Waals surface area contributed by atoms with Gasteiger partial charge in [0.15, 0.2) is 0 Å². The summed E-state index contributed by atoms with van der Waals surface area (Å²) in [5, 5.41) is 0. The smallest absolute Gasteiger partial charge is 0.102 e. The molecule has 2 aliphatic heterocycles. The first-order chi connectivity index (χ1) is 10.5. The van der Waals surface area contributed by atoms with E-state index in [9.17, 15) is 0 Å². The van der Waals surface area contributed by atoms with Crippen LogP contribution >= 0.6 is 0 Å². The van der Waals surface area contributed by atoms with Gasteiger partial charge in [-0.1, -0.05) is 19.3 Å². The van der Waals surface area contributed by atoms with Crippen LogP contribution in [0.2, 0.25) is 0 Å². The molecular formula is C19H38N2O+2. The molecule has 3 fully saturated rings. The molecule has 1 aliphatic carbocycles. The summed E-state index contributed by atoms with van der Waals surface area (Å²) in [5.41, 5.74) is 0.763. The first-order valence-corrected chi connectivity index (χ1v) is 9.78. The van der Waals surface area contributed by atoms with Gasteiger partial charge in [-0.2, -0.15) is 0 Å². The Balaban J connectivity index is 1.43. The highest BCUT2D eigenvalue weighted by atomic mass is 16.5. The fourth-order valence-corrected chi connectivity index (χ4v) is 5.12. The lowest BCUT2D eigenvalue weighted by Crippen LogP contribution is -2.56. The highest BCUT2D eigenvalue weighted by molar-refractivity contribution is 4.85. The van der Waals surface area contributed by atoms with Crippen molar-refractivity contribution in [3.63, 3.8) is 0 Å². The molecule has 0 aromatic carbocycles. The van der Waals surface area contributed by atoms with Crippen LogP contribution in [-0.2, 0) is 4.74 Å². The number of hydrogen-bond donors (Lipinski definition) is 0. The monoisotopic (exact) mass is 310 g/mol. The number of likely N-dealkylation sites (tertiary alicyclic amines) is 1. The number of hydrogen-bond acceptors (Lipinski definition) is 1. The number of rotatable bonds is 4. The van der Waals surface area contributed by atoms with Crippen LogP contribution in [0.4, 0.5) is 0 Å². The van der Waals surface area contributed by atoms with Crippen LogP contribution < -0.4 is 0 Å². The molecule has 3 rings (SSSR count). The third-order valence-electron chi connectivity index (χ3n) is 7.22. The SMILES string of the molecule is C[N+]1(CCC[N+]2(C)CCC3(CCCCC3)CC2)CCOCC1. The second kappa shape index (κ2) is 6.78. The van der Waals surface area contributed by atoms with Crippen molar-refractivity contribution in [2.24, 2.45) is 5.41 Å². The van der Waals surface area contributed by atoms with E-state index in [1.807, 2.05) is 0 Å². The molecule has 3 heteroatoms. The Morgan fingerprint density at radius 1 is 0.727 bits per heavy atom. The molecule has 0 N–H and O–H groups in total. The number of morpholine rings is 1. The van der Waals surface area contributed by atoms with Crippen molar-refractivity contribution < 1.29 is 13.7 Å². The molecule has 3 nitrogen and oxygen atoms in total. The van der Waals surface area contributed by atoms with Crippen molar-refractivity contribution in [3.8, 4) is 0 Å². The van der Waals surface area contributed by atoms with Gasteiger partial charge in [0.25, 0.3) is 0 Å². The van der Waals surface area contributed by atoms with Gasteiger partial charge in [-0.25, -0.2) is 0 Å². The number of likely N-dealkylation sites (N-methyl/N-ethyl adjacent to an activating group) is 1. The maximum absolute atomic E-state index is 5.53. The minimum atomic E-state index is 0.763. The minimum Gasteiger partial charge on any atom is -0.370 e. The zero-order chi connectivity index (χ0) is 15.5. The summed E-state index contributed by atoms with van der Waals surface area (Å²) >= 11 is 0. The fraction of sp³-hybridized carbons (Fsp3) is 1.00. The first kappa shape index (κ1) is 16.7. The molecule has 0 amide bonds. The van der Waals surface area contributed by atoms with E-state index in [0.29, 0.717) is 0 Å². The normalized spacial score (nSPS) is 30.3. The van der Waals surface area contributed by atoms with Crippen LogP contribution in [0.3, 0.4) is 0 Å². The minimum absolute atomic E-state index is 0.763. The van der Waals surface area contributed by atoms with Gasteiger partial charge in [0.1, 0.15) is 13.1 Å². The maximum atomic E-state index is 5.53. The average molecular weight is 311 g/mol. The number of piperidine rings is 1. The van der Waals surface area contributed by atoms with Gasteiger partial charge in [0.05, 0.1) is 53.5 Å². The van der Waals surface area contributed by atoms with E-state index in [1.54, 1.807) is 0 Å². The molecule has 0 aromatic heterocycles. The Morgan fingerprint density at radius 2 is 1.27 bits per heavy atom. The van der Waals surface area contributed by atoms with Gasteiger partial charge in [-0.3, -0.25) is 0 Å². The number of ether oxygens (including phenoxy) is 1. The molecule has 2 heterocycles. The zero-order valence-corrected chi connectivity index (χ0v) is 15.1. The Labute approximate surface area is 137 Å². The predicted octanol–water partition coefficient (Wildman–Crippen LogP) is 3.04. The second-order valence-electron chi connectivity index (χ2n) is 9.11. The van der Waals surface area contributed by atoms with Crippen molar-refractivity contribution in [1.29, 1.82) is 0 Å². The molecule has 0 radical (unpaired) electrons. The lowest BCUT2D eigenvalue weighted by Gasteiger charge is -2.48. The second-order valence-corrected chi connectivity index (χ2v) is 9.11. The van der Waals surface area contributed by atoms with Crippen molar-refractivity contribution in [1.82, 2.24) is 0 Å². The number of quaternary nitrogens is 2. The summed E-state index contributed by atoms with van der Waals surface area (Å²) in [4.78, 5) is 0. The molecular weight excluding hydrogens is 272 g/mol. The van der Waals surface area contributed by atoms with E-state index in [0.717, 1.165) is 18.6 Å². The van der Waals surface area contributed by atoms with E-state index in [-0.39, 0.29) is 0 Å². The van der Waals surface area contributed by atoms with E-state index in [4.69, 9.17) is 4.74 Å². The molecule has 0 aromatic rings. The molecule has 0 bridgehead atoms. The largest absolute Gasteiger partial charge is 0.370 e. The molecule has 2 saturated heterocycles. The Bertz CT molecular complexity index is 346. The Kier molecular flexibility index (Phi) is 5.16. The maximum Gasteiger partial charge on any atom is 0.102 e. The lowest BCUT2D eigenvalue weighted by atomic mass is 9.67. The summed E-state index contributed by atoms with van der Waals surface area (Å²) in [7, 11) is 4.95. The van der Waals surface area contributed by atoms with E-state index in [1.165, 1.54) is 99.6 Å². The topological polar surface area (TPSA) is 9.23 Å². The van der Waals surface area contributed by atoms with E-state index < -0.39 is 0 Å². The van der Waals surface area contributed by atoms with Crippen LogP contribution in [0.25, 0.3) is 0 Å². The highest BCUT2D eigenvalue weighted by Crippen LogP contribution is 2.45. The predicted molar refractivity (Wildman–Crippen MR) is 91.8 cm³/mol. The number of nitrogens with zero attached hydrogens (tertiary/aromatic N) is 2. The van der Waals surface area contributed by atoms with Gasteiger partial charge in [-0.05, 0) is 18.3 Å². The van der Waals surface area contributed by atoms with Gasteiger partial charge >= 0.3 is 0 Å². The van der Waals surface area contributed by atoms with Crippen LogP contribution in [0.5, 0.6) is 0 Å². The lowest BCUT2D eigenvalue weighted by molar-refractivity contribution is -0.934. The average Bonchev–Trinajstić information content (AvgIpc) is 2.53. The van der Waals surface area contributed by atoms with Crippen LogP contribution in [0.1, 0.15) is 51.4 Å². The van der Waals surface area contributed by atoms with Crippen molar-refractivity contribution in [3.05, 3.63) is 0 Å². The first-order valence-electron chi connectivity index (χ1n) is 9.78. The van der Waals surface area contributed by atoms with Gasteiger partial charge < -0.3 is 13.7 Å². The standard InChI is InChI=1S/C19H38N2O/c1-20(11-6-12-21(2)15-17-22-18-16-21)13-9-19(10-14-20)7-4-3-5-8-19/h3-18H2,1-2H3/q+2. The van der Waals surface area contributed by atoms with Gasteiger partial charge in [0, 0.05) is 19.3 Å². The fourth-order valence-electron chi connectivity index (χ4n) is 5.12. The van der Waals surface area contributed by atoms with Crippen LogP contribution in [0.15, 0.2) is 0 Å². The molecule has 1 spiro atoms. The Hall–Kier alpha value is -0.120. The third-order valence-corrected chi connectivity index (χ3v) is 7.22. The van der Waals surface area contributed by atoms with Gasteiger partial charge in [-0.15, -0.1) is 0 Å². The summed E-state index contributed by atoms with van der Waals surface area (Å²) in [5.74, 6) is 0. The van der Waals surface area contributed by atoms with Crippen molar-refractivity contribution >= 4 is 0 Å². The van der Waals surface area contributed by atoms with Crippen LogP contribution in [-0.4, -0.2) is 75.5 Å². The zero-order valence-electron chi connectivity index (χ0n) is 15.1. The molecule has 1 saturated carbocycles. The summed E-state index contributed by atoms with van der Waals surface area (Å²) in [6.07, 6.45) is 12.0. The van der Waals surface area contributed by atoms with E-state index in [2.05, 4.69) is 14.1 Å². The Morgan fingerprint density at radius 3 is 1.86 bits per heavy atom. The molecule has 22 heavy (non-hydrogen) atoms. The quantitative estimate of drug-likeness (QED) is 0.725. The molecule has 128 valence electrons. The van der Waals surface area contributed by atoms with Crippen LogP contribution in [0, 0.1) is 5.41 Å². The van der Waals surface area contributed by atoms with Crippen molar-refractivity contribution in [2.75, 3.05) is 66.6 Å². The molecule has 0 unspecified atom stereocenters. The summed E-state index contributed by atoms with van der Waals surface area (Å²) in [6.45, 7) is 9.97. The third kappa shape index (κ3) is 4.04. The summed E-state index contributed by atoms with van der Waals surface area (Å²) < 4.78 is 8.11. The van der Waals surface area contributed by atoms with Gasteiger partial charge in [0.2, 0.25) is 0 Å². The highest BCUT2D eigenvalue weighted by Gasteiger charge is 2.41. The molecule has 0 atom stereocenters. The molecule has 3 aliphatic rings.